The molecule has 0 aromatic carbocycles. The molecule has 1 saturated carbocycles. The highest BCUT2D eigenvalue weighted by atomic mass is 16.5. The molecular weight excluding hydrogens is 246 g/mol. The van der Waals surface area contributed by atoms with Crippen LogP contribution in [-0.2, 0) is 6.54 Å². The fraction of sp³-hybridized carbons (Fsp3) is 0.692. The van der Waals surface area contributed by atoms with Gasteiger partial charge in [0.15, 0.2) is 5.69 Å². The minimum absolute atomic E-state index is 0.0111. The van der Waals surface area contributed by atoms with Gasteiger partial charge in [0.05, 0.1) is 18.8 Å². The van der Waals surface area contributed by atoms with Gasteiger partial charge in [-0.1, -0.05) is 12.8 Å². The van der Waals surface area contributed by atoms with Gasteiger partial charge < -0.3 is 15.2 Å². The minimum atomic E-state index is -0.456. The largest absolute Gasteiger partial charge is 0.478 e. The van der Waals surface area contributed by atoms with Gasteiger partial charge in [0.2, 0.25) is 5.88 Å². The van der Waals surface area contributed by atoms with Gasteiger partial charge in [0.1, 0.15) is 0 Å². The highest BCUT2D eigenvalue weighted by Crippen LogP contribution is 2.29. The van der Waals surface area contributed by atoms with Gasteiger partial charge >= 0.3 is 0 Å². The van der Waals surface area contributed by atoms with Crippen molar-refractivity contribution >= 4 is 5.91 Å². The van der Waals surface area contributed by atoms with E-state index in [1.807, 2.05) is 0 Å². The third-order valence-corrected chi connectivity index (χ3v) is 3.98. The van der Waals surface area contributed by atoms with Crippen LogP contribution in [0.5, 0.6) is 5.88 Å². The van der Waals surface area contributed by atoms with E-state index in [4.69, 9.17) is 4.74 Å². The fourth-order valence-corrected chi connectivity index (χ4v) is 2.86. The van der Waals surface area contributed by atoms with E-state index in [0.717, 1.165) is 38.6 Å². The van der Waals surface area contributed by atoms with Gasteiger partial charge in [0.25, 0.3) is 5.91 Å². The van der Waals surface area contributed by atoms with Crippen LogP contribution in [0.1, 0.15) is 42.6 Å². The van der Waals surface area contributed by atoms with Crippen LogP contribution in [0.15, 0.2) is 6.07 Å². The Balaban J connectivity index is 1.74. The molecule has 6 heteroatoms. The van der Waals surface area contributed by atoms with Crippen molar-refractivity contribution in [1.29, 1.82) is 0 Å². The monoisotopic (exact) mass is 265 g/mol. The van der Waals surface area contributed by atoms with Gasteiger partial charge in [-0.25, -0.2) is 4.68 Å². The van der Waals surface area contributed by atoms with E-state index in [0.29, 0.717) is 18.2 Å². The maximum Gasteiger partial charge on any atom is 0.272 e. The van der Waals surface area contributed by atoms with Crippen molar-refractivity contribution in [2.75, 3.05) is 13.2 Å². The first kappa shape index (κ1) is 12.5. The number of aryl methyl sites for hydroxylation is 1. The number of aliphatic hydroxyl groups excluding tert-OH is 1. The molecule has 6 nitrogen and oxygen atoms in total. The Morgan fingerprint density at radius 1 is 1.47 bits per heavy atom. The second-order valence-electron chi connectivity index (χ2n) is 5.39. The Labute approximate surface area is 111 Å². The van der Waals surface area contributed by atoms with E-state index < -0.39 is 5.54 Å². The Kier molecular flexibility index (Phi) is 3.18. The molecule has 1 aromatic rings. The van der Waals surface area contributed by atoms with E-state index in [1.165, 1.54) is 0 Å². The van der Waals surface area contributed by atoms with E-state index in [1.54, 1.807) is 10.7 Å². The summed E-state index contributed by atoms with van der Waals surface area (Å²) in [6.07, 6.45) is 4.67. The predicted octanol–water partition coefficient (Wildman–Crippen LogP) is 0.700. The van der Waals surface area contributed by atoms with Gasteiger partial charge in [-0.2, -0.15) is 5.10 Å². The summed E-state index contributed by atoms with van der Waals surface area (Å²) in [6.45, 7) is 1.45. The van der Waals surface area contributed by atoms with Crippen LogP contribution in [0, 0.1) is 0 Å². The Hall–Kier alpha value is -1.56. The summed E-state index contributed by atoms with van der Waals surface area (Å²) < 4.78 is 7.17. The summed E-state index contributed by atoms with van der Waals surface area (Å²) in [7, 11) is 0. The Morgan fingerprint density at radius 3 is 2.95 bits per heavy atom. The Bertz CT molecular complexity index is 454. The summed E-state index contributed by atoms with van der Waals surface area (Å²) in [5.74, 6) is 0.433. The lowest BCUT2D eigenvalue weighted by atomic mass is 9.99. The number of hydrogen-bond donors (Lipinski definition) is 2. The second kappa shape index (κ2) is 4.85. The molecule has 3 rings (SSSR count). The van der Waals surface area contributed by atoms with Crippen molar-refractivity contribution in [3.63, 3.8) is 0 Å². The van der Waals surface area contributed by atoms with E-state index >= 15 is 0 Å². The Morgan fingerprint density at radius 2 is 2.26 bits per heavy atom. The maximum absolute atomic E-state index is 12.2. The topological polar surface area (TPSA) is 76.4 Å². The van der Waals surface area contributed by atoms with Crippen LogP contribution in [-0.4, -0.2) is 39.5 Å². The van der Waals surface area contributed by atoms with Gasteiger partial charge in [0, 0.05) is 19.0 Å². The number of aliphatic hydroxyl groups is 1. The average Bonchev–Trinajstić information content (AvgIpc) is 3.05. The zero-order chi connectivity index (χ0) is 13.3. The number of carbonyl (C=O) groups is 1. The molecule has 0 atom stereocenters. The van der Waals surface area contributed by atoms with E-state index in [2.05, 4.69) is 10.4 Å². The third kappa shape index (κ3) is 2.32. The minimum Gasteiger partial charge on any atom is -0.478 e. The lowest BCUT2D eigenvalue weighted by Crippen LogP contribution is -2.49. The number of fused-ring (bicyclic) bond motifs is 1. The average molecular weight is 265 g/mol. The molecule has 0 unspecified atom stereocenters. The van der Waals surface area contributed by atoms with Crippen molar-refractivity contribution in [2.45, 2.75) is 44.2 Å². The van der Waals surface area contributed by atoms with Gasteiger partial charge in [-0.3, -0.25) is 4.79 Å². The summed E-state index contributed by atoms with van der Waals surface area (Å²) in [4.78, 5) is 12.2. The number of carbonyl (C=O) groups excluding carboxylic acids is 1. The quantitative estimate of drug-likeness (QED) is 0.843. The number of nitrogens with zero attached hydrogens (tertiary/aromatic N) is 2. The number of nitrogens with one attached hydrogen (secondary N) is 1. The molecule has 2 aliphatic rings. The van der Waals surface area contributed by atoms with E-state index in [9.17, 15) is 9.90 Å². The van der Waals surface area contributed by atoms with Crippen LogP contribution < -0.4 is 10.1 Å². The molecule has 104 valence electrons. The molecule has 0 radical (unpaired) electrons. The van der Waals surface area contributed by atoms with E-state index in [-0.39, 0.29) is 12.5 Å². The summed E-state index contributed by atoms with van der Waals surface area (Å²) in [6, 6.07) is 1.68. The molecule has 1 aliphatic heterocycles. The molecule has 1 aliphatic carbocycles. The van der Waals surface area contributed by atoms with Crippen molar-refractivity contribution in [3.8, 4) is 5.88 Å². The summed E-state index contributed by atoms with van der Waals surface area (Å²) >= 11 is 0. The van der Waals surface area contributed by atoms with Crippen molar-refractivity contribution < 1.29 is 14.6 Å². The lowest BCUT2D eigenvalue weighted by molar-refractivity contribution is 0.0832. The van der Waals surface area contributed by atoms with Crippen LogP contribution >= 0.6 is 0 Å². The first-order valence-electron chi connectivity index (χ1n) is 6.86. The summed E-state index contributed by atoms with van der Waals surface area (Å²) in [5, 5.41) is 16.7. The number of amides is 1. The zero-order valence-corrected chi connectivity index (χ0v) is 10.9. The lowest BCUT2D eigenvalue weighted by Gasteiger charge is -2.27. The molecule has 0 bridgehead atoms. The molecule has 1 aromatic heterocycles. The molecular formula is C13H19N3O3. The van der Waals surface area contributed by atoms with Gasteiger partial charge in [-0.15, -0.1) is 0 Å². The third-order valence-electron chi connectivity index (χ3n) is 3.98. The highest BCUT2D eigenvalue weighted by molar-refractivity contribution is 5.93. The van der Waals surface area contributed by atoms with Crippen molar-refractivity contribution in [3.05, 3.63) is 11.8 Å². The van der Waals surface area contributed by atoms with Crippen LogP contribution in [0.4, 0.5) is 0 Å². The predicted molar refractivity (Wildman–Crippen MR) is 68.1 cm³/mol. The van der Waals surface area contributed by atoms with Crippen molar-refractivity contribution in [1.82, 2.24) is 15.1 Å². The molecule has 0 spiro atoms. The molecule has 19 heavy (non-hydrogen) atoms. The standard InChI is InChI=1S/C13H19N3O3/c17-9-13(4-1-2-5-13)14-12(18)10-8-11-16(15-10)6-3-7-19-11/h8,17H,1-7,9H2,(H,14,18). The number of hydrogen-bond acceptors (Lipinski definition) is 4. The SMILES string of the molecule is O=C(NC1(CO)CCCC1)c1cc2n(n1)CCCO2. The van der Waals surface area contributed by atoms with Gasteiger partial charge in [-0.05, 0) is 12.8 Å². The van der Waals surface area contributed by atoms with Crippen LogP contribution in [0.25, 0.3) is 0 Å². The maximum atomic E-state index is 12.2. The molecule has 1 amide bonds. The molecule has 0 saturated heterocycles. The highest BCUT2D eigenvalue weighted by Gasteiger charge is 2.35. The summed E-state index contributed by atoms with van der Waals surface area (Å²) in [5.41, 5.74) is -0.0844. The number of aromatic nitrogens is 2. The van der Waals surface area contributed by atoms with Crippen molar-refractivity contribution in [2.24, 2.45) is 0 Å². The molecule has 2 heterocycles. The normalized spacial score (nSPS) is 20.7. The first-order chi connectivity index (χ1) is 9.22. The van der Waals surface area contributed by atoms with Crippen LogP contribution in [0.3, 0.4) is 0 Å². The first-order valence-corrected chi connectivity index (χ1v) is 6.86. The number of rotatable bonds is 3. The fourth-order valence-electron chi connectivity index (χ4n) is 2.86. The molecule has 2 N–H and O–H groups in total. The number of ether oxygens (including phenoxy) is 1. The molecule has 1 fully saturated rings. The zero-order valence-electron chi connectivity index (χ0n) is 10.9. The van der Waals surface area contributed by atoms with Crippen LogP contribution in [0.2, 0.25) is 0 Å². The second-order valence-corrected chi connectivity index (χ2v) is 5.39. The smallest absolute Gasteiger partial charge is 0.272 e.